The van der Waals surface area contributed by atoms with Crippen LogP contribution in [0.2, 0.25) is 0 Å². The predicted octanol–water partition coefficient (Wildman–Crippen LogP) is 2.49. The number of hydrogen-bond acceptors (Lipinski definition) is 2. The summed E-state index contributed by atoms with van der Waals surface area (Å²) in [7, 11) is 0. The summed E-state index contributed by atoms with van der Waals surface area (Å²) in [5.74, 6) is 0. The van der Waals surface area contributed by atoms with E-state index in [0.717, 1.165) is 16.6 Å². The molecule has 2 heterocycles. The van der Waals surface area contributed by atoms with Crippen LogP contribution in [0, 0.1) is 11.3 Å². The van der Waals surface area contributed by atoms with Gasteiger partial charge in [0.1, 0.15) is 5.65 Å². The number of rotatable bonds is 1. The van der Waals surface area contributed by atoms with E-state index in [1.807, 2.05) is 24.4 Å². The van der Waals surface area contributed by atoms with Gasteiger partial charge in [0, 0.05) is 28.9 Å². The maximum absolute atomic E-state index is 8.66. The van der Waals surface area contributed by atoms with E-state index >= 15 is 0 Å². The number of nitriles is 1. The molecule has 2 aromatic rings. The van der Waals surface area contributed by atoms with Crippen LogP contribution >= 0.6 is 0 Å². The number of fused-ring (bicyclic) bond motifs is 1. The molecule has 1 N–H and O–H groups in total. The first-order chi connectivity index (χ1) is 6.81. The molecule has 0 spiro atoms. The molecule has 0 radical (unpaired) electrons. The van der Waals surface area contributed by atoms with Crippen molar-refractivity contribution in [1.82, 2.24) is 9.97 Å². The van der Waals surface area contributed by atoms with E-state index in [1.165, 1.54) is 0 Å². The van der Waals surface area contributed by atoms with Crippen molar-refractivity contribution in [3.8, 4) is 6.07 Å². The molecule has 3 heteroatoms. The van der Waals surface area contributed by atoms with Crippen molar-refractivity contribution < 1.29 is 0 Å². The van der Waals surface area contributed by atoms with Gasteiger partial charge in [-0.05, 0) is 25.1 Å². The molecule has 0 atom stereocenters. The third-order valence-electron chi connectivity index (χ3n) is 2.03. The summed E-state index contributed by atoms with van der Waals surface area (Å²) in [5.41, 5.74) is 2.55. The number of nitrogens with one attached hydrogen (secondary N) is 1. The summed E-state index contributed by atoms with van der Waals surface area (Å²) in [6.07, 6.45) is 5.45. The molecule has 0 saturated carbocycles. The zero-order valence-corrected chi connectivity index (χ0v) is 7.78. The van der Waals surface area contributed by atoms with Gasteiger partial charge in [0.25, 0.3) is 0 Å². The minimum absolute atomic E-state index is 0.690. The molecule has 68 valence electrons. The largest absolute Gasteiger partial charge is 0.346 e. The highest BCUT2D eigenvalue weighted by Gasteiger charge is 2.00. The first-order valence-electron chi connectivity index (χ1n) is 4.32. The monoisotopic (exact) mass is 183 g/mol. The molecule has 14 heavy (non-hydrogen) atoms. The normalized spacial score (nSPS) is 11.6. The summed E-state index contributed by atoms with van der Waals surface area (Å²) in [6.45, 7) is 1.79. The first kappa shape index (κ1) is 8.52. The van der Waals surface area contributed by atoms with Gasteiger partial charge in [0.2, 0.25) is 0 Å². The Kier molecular flexibility index (Phi) is 2.04. The molecule has 2 rings (SSSR count). The second-order valence-corrected chi connectivity index (χ2v) is 3.08. The third kappa shape index (κ3) is 1.38. The van der Waals surface area contributed by atoms with Crippen molar-refractivity contribution in [3.63, 3.8) is 0 Å². The van der Waals surface area contributed by atoms with Gasteiger partial charge < -0.3 is 4.98 Å². The van der Waals surface area contributed by atoms with E-state index in [0.29, 0.717) is 5.57 Å². The minimum Gasteiger partial charge on any atom is -0.346 e. The smallest absolute Gasteiger partial charge is 0.137 e. The average molecular weight is 183 g/mol. The van der Waals surface area contributed by atoms with Gasteiger partial charge in [-0.15, -0.1) is 0 Å². The van der Waals surface area contributed by atoms with Crippen LogP contribution in [-0.2, 0) is 0 Å². The molecule has 0 unspecified atom stereocenters. The lowest BCUT2D eigenvalue weighted by atomic mass is 10.1. The van der Waals surface area contributed by atoms with Crippen LogP contribution < -0.4 is 0 Å². The standard InChI is InChI=1S/C11H9N3/c1-8(6-12)5-9-7-14-11-10(9)3-2-4-13-11/h2-5,7H,1H3,(H,13,14)/b8-5+. The maximum Gasteiger partial charge on any atom is 0.137 e. The molecule has 0 amide bonds. The highest BCUT2D eigenvalue weighted by atomic mass is 14.8. The zero-order valence-electron chi connectivity index (χ0n) is 7.78. The molecule has 0 fully saturated rings. The molecule has 0 aliphatic carbocycles. The van der Waals surface area contributed by atoms with Crippen LogP contribution in [0.4, 0.5) is 0 Å². The third-order valence-corrected chi connectivity index (χ3v) is 2.03. The summed E-state index contributed by atoms with van der Waals surface area (Å²) in [6, 6.07) is 5.96. The topological polar surface area (TPSA) is 52.5 Å². The molecule has 0 aliphatic heterocycles. The van der Waals surface area contributed by atoms with Gasteiger partial charge in [-0.1, -0.05) is 0 Å². The molecule has 0 bridgehead atoms. The second-order valence-electron chi connectivity index (χ2n) is 3.08. The van der Waals surface area contributed by atoms with E-state index in [-0.39, 0.29) is 0 Å². The Bertz CT molecular complexity index is 529. The summed E-state index contributed by atoms with van der Waals surface area (Å²) in [4.78, 5) is 7.22. The van der Waals surface area contributed by atoms with Gasteiger partial charge in [-0.2, -0.15) is 5.26 Å². The number of aromatic amines is 1. The Morgan fingerprint density at radius 2 is 2.50 bits per heavy atom. The van der Waals surface area contributed by atoms with Crippen LogP contribution in [0.25, 0.3) is 17.1 Å². The van der Waals surface area contributed by atoms with Gasteiger partial charge >= 0.3 is 0 Å². The SMILES string of the molecule is C/C(C#N)=C\c1c[nH]c2ncccc12. The van der Waals surface area contributed by atoms with Crippen molar-refractivity contribution in [1.29, 1.82) is 5.26 Å². The van der Waals surface area contributed by atoms with E-state index in [1.54, 1.807) is 13.1 Å². The van der Waals surface area contributed by atoms with Crippen LogP contribution in [0.1, 0.15) is 12.5 Å². The second kappa shape index (κ2) is 3.35. The highest BCUT2D eigenvalue weighted by molar-refractivity contribution is 5.86. The van der Waals surface area contributed by atoms with Crippen LogP contribution in [0.15, 0.2) is 30.1 Å². The summed E-state index contributed by atoms with van der Waals surface area (Å²) in [5, 5.41) is 9.71. The lowest BCUT2D eigenvalue weighted by Crippen LogP contribution is -1.74. The number of allylic oxidation sites excluding steroid dienone is 1. The van der Waals surface area contributed by atoms with Crippen molar-refractivity contribution in [3.05, 3.63) is 35.7 Å². The van der Waals surface area contributed by atoms with Gasteiger partial charge in [0.05, 0.1) is 6.07 Å². The number of pyridine rings is 1. The van der Waals surface area contributed by atoms with Gasteiger partial charge in [-0.3, -0.25) is 0 Å². The highest BCUT2D eigenvalue weighted by Crippen LogP contribution is 2.18. The van der Waals surface area contributed by atoms with Gasteiger partial charge in [0.15, 0.2) is 0 Å². The Morgan fingerprint density at radius 3 is 3.29 bits per heavy atom. The molecular formula is C11H9N3. The Labute approximate surface area is 81.7 Å². The quantitative estimate of drug-likeness (QED) is 0.690. The molecular weight excluding hydrogens is 174 g/mol. The van der Waals surface area contributed by atoms with Crippen LogP contribution in [0.5, 0.6) is 0 Å². The van der Waals surface area contributed by atoms with Crippen molar-refractivity contribution in [2.24, 2.45) is 0 Å². The Balaban J connectivity index is 2.60. The fourth-order valence-corrected chi connectivity index (χ4v) is 1.36. The van der Waals surface area contributed by atoms with E-state index in [2.05, 4.69) is 16.0 Å². The van der Waals surface area contributed by atoms with Crippen LogP contribution in [0.3, 0.4) is 0 Å². The molecule has 0 aromatic carbocycles. The number of nitrogens with zero attached hydrogens (tertiary/aromatic N) is 2. The lowest BCUT2D eigenvalue weighted by molar-refractivity contribution is 1.33. The molecule has 0 saturated heterocycles. The van der Waals surface area contributed by atoms with Crippen LogP contribution in [-0.4, -0.2) is 9.97 Å². The average Bonchev–Trinajstić information content (AvgIpc) is 2.62. The predicted molar refractivity (Wildman–Crippen MR) is 55.4 cm³/mol. The Morgan fingerprint density at radius 1 is 1.64 bits per heavy atom. The first-order valence-corrected chi connectivity index (χ1v) is 4.32. The zero-order chi connectivity index (χ0) is 9.97. The van der Waals surface area contributed by atoms with Crippen molar-refractivity contribution in [2.75, 3.05) is 0 Å². The molecule has 3 nitrogen and oxygen atoms in total. The Hall–Kier alpha value is -2.08. The molecule has 2 aromatic heterocycles. The number of aromatic nitrogens is 2. The molecule has 0 aliphatic rings. The fraction of sp³-hybridized carbons (Fsp3) is 0.0909. The van der Waals surface area contributed by atoms with Crippen molar-refractivity contribution in [2.45, 2.75) is 6.92 Å². The van der Waals surface area contributed by atoms with Gasteiger partial charge in [-0.25, -0.2) is 4.98 Å². The minimum atomic E-state index is 0.690. The fourth-order valence-electron chi connectivity index (χ4n) is 1.36. The van der Waals surface area contributed by atoms with Crippen molar-refractivity contribution >= 4 is 17.1 Å². The van der Waals surface area contributed by atoms with E-state index in [9.17, 15) is 0 Å². The summed E-state index contributed by atoms with van der Waals surface area (Å²) >= 11 is 0. The number of hydrogen-bond donors (Lipinski definition) is 1. The number of H-pyrrole nitrogens is 1. The maximum atomic E-state index is 8.66. The summed E-state index contributed by atoms with van der Waals surface area (Å²) < 4.78 is 0. The van der Waals surface area contributed by atoms with E-state index in [4.69, 9.17) is 5.26 Å². The lowest BCUT2D eigenvalue weighted by Gasteiger charge is -1.90. The van der Waals surface area contributed by atoms with E-state index < -0.39 is 0 Å².